The molecule has 0 aromatic carbocycles. The van der Waals surface area contributed by atoms with E-state index in [4.69, 9.17) is 19.2 Å². The minimum absolute atomic E-state index is 0.0424. The van der Waals surface area contributed by atoms with Crippen LogP contribution in [0.2, 0.25) is 0 Å². The number of nitrogens with one attached hydrogen (secondary N) is 1. The first-order valence-electron chi connectivity index (χ1n) is 11.5. The van der Waals surface area contributed by atoms with Gasteiger partial charge in [0.15, 0.2) is 0 Å². The monoisotopic (exact) mass is 432 g/mol. The van der Waals surface area contributed by atoms with Crippen LogP contribution < -0.4 is 10.2 Å². The number of ether oxygens (including phenoxy) is 3. The van der Waals surface area contributed by atoms with Crippen LogP contribution in [-0.2, 0) is 25.4 Å². The Bertz CT molecular complexity index is 771. The van der Waals surface area contributed by atoms with Gasteiger partial charge in [0.05, 0.1) is 36.7 Å². The Morgan fingerprint density at radius 2 is 2.10 bits per heavy atom. The second-order valence-electron chi connectivity index (χ2n) is 10.0. The van der Waals surface area contributed by atoms with Crippen molar-refractivity contribution in [2.24, 2.45) is 5.41 Å². The van der Waals surface area contributed by atoms with E-state index in [1.54, 1.807) is 0 Å². The van der Waals surface area contributed by atoms with E-state index in [1.165, 1.54) is 0 Å². The van der Waals surface area contributed by atoms with Crippen molar-refractivity contribution >= 4 is 11.9 Å². The molecule has 2 fully saturated rings. The van der Waals surface area contributed by atoms with E-state index >= 15 is 0 Å². The quantitative estimate of drug-likeness (QED) is 0.739. The first-order chi connectivity index (χ1) is 14.8. The van der Waals surface area contributed by atoms with Crippen LogP contribution in [-0.4, -0.2) is 67.1 Å². The van der Waals surface area contributed by atoms with E-state index in [0.29, 0.717) is 6.61 Å². The SMILES string of the molecule is C[C@@H]1CN(c2ncc3c(n2)CC(C)(C)C[C@@H]3NC(=O)COC[C@@H]2CCCO2)C[C@H](C)O1. The van der Waals surface area contributed by atoms with Gasteiger partial charge in [0.2, 0.25) is 11.9 Å². The number of carbonyl (C=O) groups excluding carboxylic acids is 1. The molecule has 4 rings (SSSR count). The molecule has 8 heteroatoms. The molecule has 1 amide bonds. The lowest BCUT2D eigenvalue weighted by molar-refractivity contribution is -0.127. The van der Waals surface area contributed by atoms with Gasteiger partial charge in [-0.3, -0.25) is 4.79 Å². The van der Waals surface area contributed by atoms with Gasteiger partial charge in [-0.25, -0.2) is 9.97 Å². The summed E-state index contributed by atoms with van der Waals surface area (Å²) in [6, 6.07) is -0.103. The topological polar surface area (TPSA) is 85.8 Å². The van der Waals surface area contributed by atoms with Crippen molar-refractivity contribution < 1.29 is 19.0 Å². The molecule has 8 nitrogen and oxygen atoms in total. The summed E-state index contributed by atoms with van der Waals surface area (Å²) in [5.74, 6) is 0.648. The fourth-order valence-electron chi connectivity index (χ4n) is 4.95. The van der Waals surface area contributed by atoms with E-state index in [2.05, 4.69) is 42.9 Å². The van der Waals surface area contributed by atoms with Crippen molar-refractivity contribution in [3.05, 3.63) is 17.5 Å². The van der Waals surface area contributed by atoms with Crippen molar-refractivity contribution in [1.82, 2.24) is 15.3 Å². The van der Waals surface area contributed by atoms with Gasteiger partial charge in [-0.15, -0.1) is 0 Å². The smallest absolute Gasteiger partial charge is 0.246 e. The molecule has 1 aromatic heterocycles. The van der Waals surface area contributed by atoms with Gasteiger partial charge in [-0.2, -0.15) is 0 Å². The summed E-state index contributed by atoms with van der Waals surface area (Å²) >= 11 is 0. The molecule has 2 aliphatic heterocycles. The summed E-state index contributed by atoms with van der Waals surface area (Å²) in [6.45, 7) is 11.5. The Balaban J connectivity index is 1.42. The average molecular weight is 433 g/mol. The van der Waals surface area contributed by atoms with E-state index in [-0.39, 0.29) is 42.3 Å². The summed E-state index contributed by atoms with van der Waals surface area (Å²) in [6.07, 6.45) is 6.13. The number of hydrogen-bond donors (Lipinski definition) is 1. The zero-order valence-electron chi connectivity index (χ0n) is 19.2. The van der Waals surface area contributed by atoms with Crippen LogP contribution in [0.3, 0.4) is 0 Å². The van der Waals surface area contributed by atoms with Crippen LogP contribution in [0.5, 0.6) is 0 Å². The third-order valence-corrected chi connectivity index (χ3v) is 6.26. The molecule has 1 aromatic rings. The maximum atomic E-state index is 12.6. The van der Waals surface area contributed by atoms with Crippen LogP contribution in [0.1, 0.15) is 64.3 Å². The molecule has 0 bridgehead atoms. The van der Waals surface area contributed by atoms with Gasteiger partial charge in [-0.1, -0.05) is 13.8 Å². The van der Waals surface area contributed by atoms with E-state index in [1.807, 2.05) is 6.20 Å². The third kappa shape index (κ3) is 5.73. The Morgan fingerprint density at radius 3 is 2.81 bits per heavy atom. The number of carbonyl (C=O) groups is 1. The maximum Gasteiger partial charge on any atom is 0.246 e. The highest BCUT2D eigenvalue weighted by molar-refractivity contribution is 5.77. The lowest BCUT2D eigenvalue weighted by atomic mass is 9.74. The summed E-state index contributed by atoms with van der Waals surface area (Å²) < 4.78 is 17.0. The van der Waals surface area contributed by atoms with Crippen LogP contribution in [0.25, 0.3) is 0 Å². The first-order valence-corrected chi connectivity index (χ1v) is 11.5. The van der Waals surface area contributed by atoms with Crippen LogP contribution in [0, 0.1) is 5.41 Å². The Kier molecular flexibility index (Phi) is 6.79. The van der Waals surface area contributed by atoms with E-state index in [0.717, 1.165) is 62.6 Å². The van der Waals surface area contributed by atoms with Crippen LogP contribution >= 0.6 is 0 Å². The van der Waals surface area contributed by atoms with Gasteiger partial charge in [0.1, 0.15) is 6.61 Å². The van der Waals surface area contributed by atoms with Gasteiger partial charge >= 0.3 is 0 Å². The molecule has 0 saturated carbocycles. The van der Waals surface area contributed by atoms with Crippen molar-refractivity contribution in [1.29, 1.82) is 0 Å². The molecule has 0 spiro atoms. The number of fused-ring (bicyclic) bond motifs is 1. The Labute approximate surface area is 185 Å². The number of aromatic nitrogens is 2. The molecule has 1 aliphatic carbocycles. The Morgan fingerprint density at radius 1 is 1.32 bits per heavy atom. The fourth-order valence-corrected chi connectivity index (χ4v) is 4.95. The highest BCUT2D eigenvalue weighted by Gasteiger charge is 2.35. The van der Waals surface area contributed by atoms with Crippen molar-refractivity contribution in [3.8, 4) is 0 Å². The molecule has 3 aliphatic rings. The second kappa shape index (κ2) is 9.38. The zero-order valence-corrected chi connectivity index (χ0v) is 19.2. The van der Waals surface area contributed by atoms with Gasteiger partial charge in [0.25, 0.3) is 0 Å². The first kappa shape index (κ1) is 22.4. The molecule has 3 heterocycles. The average Bonchev–Trinajstić information content (AvgIpc) is 3.19. The molecule has 172 valence electrons. The predicted molar refractivity (Wildman–Crippen MR) is 117 cm³/mol. The maximum absolute atomic E-state index is 12.6. The van der Waals surface area contributed by atoms with Gasteiger partial charge < -0.3 is 24.4 Å². The highest BCUT2D eigenvalue weighted by Crippen LogP contribution is 2.40. The van der Waals surface area contributed by atoms with Crippen LogP contribution in [0.15, 0.2) is 6.20 Å². The normalized spacial score (nSPS) is 30.1. The van der Waals surface area contributed by atoms with Gasteiger partial charge in [0, 0.05) is 31.5 Å². The number of hydrogen-bond acceptors (Lipinski definition) is 7. The molecule has 0 radical (unpaired) electrons. The molecule has 31 heavy (non-hydrogen) atoms. The number of anilines is 1. The number of rotatable bonds is 6. The molecule has 1 N–H and O–H groups in total. The molecule has 2 saturated heterocycles. The van der Waals surface area contributed by atoms with Crippen molar-refractivity contribution in [2.45, 2.75) is 77.7 Å². The third-order valence-electron chi connectivity index (χ3n) is 6.26. The standard InChI is InChI=1S/C23H36N4O4/c1-15-11-27(12-16(2)31-15)22-24-10-18-19(8-23(3,4)9-20(18)26-22)25-21(28)14-29-13-17-6-5-7-30-17/h10,15-17,19H,5-9,11-14H2,1-4H3,(H,25,28)/t15-,16+,17-,19-/m0/s1. The van der Waals surface area contributed by atoms with Gasteiger partial charge in [-0.05, 0) is 44.9 Å². The molecular formula is C23H36N4O4. The summed E-state index contributed by atoms with van der Waals surface area (Å²) in [4.78, 5) is 24.4. The van der Waals surface area contributed by atoms with Crippen LogP contribution in [0.4, 0.5) is 5.95 Å². The highest BCUT2D eigenvalue weighted by atomic mass is 16.5. The minimum atomic E-state index is -0.105. The minimum Gasteiger partial charge on any atom is -0.376 e. The number of nitrogens with zero attached hydrogens (tertiary/aromatic N) is 3. The molecule has 4 atom stereocenters. The van der Waals surface area contributed by atoms with Crippen molar-refractivity contribution in [3.63, 3.8) is 0 Å². The summed E-state index contributed by atoms with van der Waals surface area (Å²) in [5, 5.41) is 3.15. The number of amides is 1. The second-order valence-corrected chi connectivity index (χ2v) is 10.0. The zero-order chi connectivity index (χ0) is 22.0. The lowest BCUT2D eigenvalue weighted by Crippen LogP contribution is -2.46. The fraction of sp³-hybridized carbons (Fsp3) is 0.783. The summed E-state index contributed by atoms with van der Waals surface area (Å²) in [7, 11) is 0. The lowest BCUT2D eigenvalue weighted by Gasteiger charge is -2.38. The summed E-state index contributed by atoms with van der Waals surface area (Å²) in [5.41, 5.74) is 2.09. The number of morpholine rings is 1. The molecular weight excluding hydrogens is 396 g/mol. The van der Waals surface area contributed by atoms with Crippen molar-refractivity contribution in [2.75, 3.05) is 37.8 Å². The Hall–Kier alpha value is -1.77. The predicted octanol–water partition coefficient (Wildman–Crippen LogP) is 2.42. The van der Waals surface area contributed by atoms with E-state index < -0.39 is 0 Å². The largest absolute Gasteiger partial charge is 0.376 e. The van der Waals surface area contributed by atoms with E-state index in [9.17, 15) is 4.79 Å². The molecule has 0 unspecified atom stereocenters.